The lowest BCUT2D eigenvalue weighted by molar-refractivity contribution is -0.890. The van der Waals surface area contributed by atoms with Crippen molar-refractivity contribution in [3.63, 3.8) is 0 Å². The van der Waals surface area contributed by atoms with Crippen molar-refractivity contribution in [3.05, 3.63) is 0 Å². The maximum Gasteiger partial charge on any atom is 0.460 e. The minimum absolute atomic E-state index is 0.0375. The molecule has 318 valence electrons. The molecule has 5 nitrogen and oxygen atoms in total. The van der Waals surface area contributed by atoms with Gasteiger partial charge in [0.1, 0.15) is 0 Å². The normalized spacial score (nSPS) is 16.6. The number of carboxylic acid groups (broad SMARTS) is 1. The molecule has 0 fully saturated rings. The van der Waals surface area contributed by atoms with Crippen LogP contribution in [0.5, 0.6) is 0 Å². The van der Waals surface area contributed by atoms with Crippen LogP contribution in [0, 0.1) is 0 Å². The minimum atomic E-state index is -9.65. The van der Waals surface area contributed by atoms with Gasteiger partial charge in [-0.05, 0) is 0 Å². The molecule has 53 heavy (non-hydrogen) atoms. The minimum Gasteiger partial charge on any atom is -0.550 e. The molecular weight excluding hydrogens is 827 g/mol. The van der Waals surface area contributed by atoms with Crippen LogP contribution in [-0.2, 0) is 4.79 Å². The molecule has 0 bridgehead atoms. The maximum absolute atomic E-state index is 14.1. The number of aliphatic carboxylic acids is 1. The molecule has 0 aromatic heterocycles. The van der Waals surface area contributed by atoms with E-state index in [0.29, 0.717) is 0 Å². The highest BCUT2D eigenvalue weighted by atomic mass is 19.4. The summed E-state index contributed by atoms with van der Waals surface area (Å²) in [6, 6.07) is 0. The Morgan fingerprint density at radius 1 is 0.547 bits per heavy atom. The predicted molar refractivity (Wildman–Crippen MR) is 120 cm³/mol. The van der Waals surface area contributed by atoms with Gasteiger partial charge in [0.05, 0.1) is 33.3 Å². The zero-order valence-electron chi connectivity index (χ0n) is 25.7. The molecule has 0 heterocycles. The van der Waals surface area contributed by atoms with Gasteiger partial charge in [-0.1, -0.05) is 0 Å². The van der Waals surface area contributed by atoms with Crippen molar-refractivity contribution in [1.29, 1.82) is 0 Å². The van der Waals surface area contributed by atoms with Crippen LogP contribution in [0.4, 0.5) is 110 Å². The maximum atomic E-state index is 14.1. The number of aliphatic hydroxyl groups excluding tert-OH is 1. The second-order valence-electron chi connectivity index (χ2n) is 11.9. The van der Waals surface area contributed by atoms with E-state index in [-0.39, 0.29) is 24.0 Å². The number of alkyl halides is 25. The van der Waals surface area contributed by atoms with E-state index >= 15 is 0 Å². The van der Waals surface area contributed by atoms with Gasteiger partial charge < -0.3 is 24.8 Å². The molecule has 0 radical (unpaired) electrons. The topological polar surface area (TPSA) is 72.4 Å². The third-order valence-corrected chi connectivity index (χ3v) is 7.27. The SMILES string of the molecule is C[N+](C)(CCCNCC(O)CC(F)(F)C(F)(F)C(F)(F)C(F)(F)C(F)(F)C(F)(F)C(F)(F)C(F)(F)C(F)(F)C(F)(F)C(F)(F)C(F)(F)F)CCC(=O)[O-]. The Hall–Kier alpha value is -2.40. The molecule has 0 aromatic carbocycles. The lowest BCUT2D eigenvalue weighted by Crippen LogP contribution is -2.78. The van der Waals surface area contributed by atoms with E-state index in [1.165, 1.54) is 14.1 Å². The average Bonchev–Trinajstić information content (AvgIpc) is 2.93. The fourth-order valence-corrected chi connectivity index (χ4v) is 3.89. The highest BCUT2D eigenvalue weighted by Gasteiger charge is 2.99. The van der Waals surface area contributed by atoms with Gasteiger partial charge in [0.15, 0.2) is 0 Å². The lowest BCUT2D eigenvalue weighted by atomic mass is 9.84. The van der Waals surface area contributed by atoms with Crippen molar-refractivity contribution >= 4 is 5.97 Å². The second-order valence-corrected chi connectivity index (χ2v) is 11.9. The number of aliphatic hydroxyl groups is 1. The highest BCUT2D eigenvalue weighted by molar-refractivity contribution is 5.64. The van der Waals surface area contributed by atoms with E-state index in [9.17, 15) is 125 Å². The Bertz CT molecular complexity index is 1260. The van der Waals surface area contributed by atoms with Gasteiger partial charge in [0.2, 0.25) is 0 Å². The highest BCUT2D eigenvalue weighted by Crippen LogP contribution is 2.67. The number of carbonyl (C=O) groups excluding carboxylic acids is 1. The van der Waals surface area contributed by atoms with Gasteiger partial charge in [-0.15, -0.1) is 0 Å². The molecule has 0 spiro atoms. The van der Waals surface area contributed by atoms with E-state index in [1.807, 2.05) is 5.32 Å². The van der Waals surface area contributed by atoms with E-state index in [0.717, 1.165) is 0 Å². The summed E-state index contributed by atoms with van der Waals surface area (Å²) in [4.78, 5) is 10.5. The van der Waals surface area contributed by atoms with Crippen LogP contribution in [0.25, 0.3) is 0 Å². The first-order valence-electron chi connectivity index (χ1n) is 13.4. The van der Waals surface area contributed by atoms with Crippen molar-refractivity contribution in [1.82, 2.24) is 5.32 Å². The number of quaternary nitrogens is 1. The molecule has 0 aromatic rings. The molecule has 0 saturated heterocycles. The first kappa shape index (κ1) is 50.6. The smallest absolute Gasteiger partial charge is 0.460 e. The van der Waals surface area contributed by atoms with Crippen molar-refractivity contribution < 1.29 is 129 Å². The predicted octanol–water partition coefficient (Wildman–Crippen LogP) is 6.48. The van der Waals surface area contributed by atoms with Gasteiger partial charge in [-0.25, -0.2) is 0 Å². The summed E-state index contributed by atoms with van der Waals surface area (Å²) >= 11 is 0. The third-order valence-electron chi connectivity index (χ3n) is 7.27. The molecular formula is C23H23F25N2O3. The molecule has 0 saturated carbocycles. The molecule has 30 heteroatoms. The Labute approximate surface area is 278 Å². The summed E-state index contributed by atoms with van der Waals surface area (Å²) < 4.78 is 339. The van der Waals surface area contributed by atoms with Crippen molar-refractivity contribution in [3.8, 4) is 0 Å². The van der Waals surface area contributed by atoms with Crippen LogP contribution >= 0.6 is 0 Å². The number of nitrogens with one attached hydrogen (secondary N) is 1. The number of hydrogen-bond donors (Lipinski definition) is 2. The fourth-order valence-electron chi connectivity index (χ4n) is 3.89. The van der Waals surface area contributed by atoms with E-state index < -0.39 is 109 Å². The number of rotatable bonds is 21. The summed E-state index contributed by atoms with van der Waals surface area (Å²) in [5.41, 5.74) is 0. The summed E-state index contributed by atoms with van der Waals surface area (Å²) in [6.07, 6.45) is -15.1. The Morgan fingerprint density at radius 2 is 0.849 bits per heavy atom. The first-order valence-corrected chi connectivity index (χ1v) is 13.4. The standard InChI is InChI=1S/C23H23F25N2O3/c1-50(2,7-4-11(52)53)6-3-5-49-9-10(51)8-12(24,25)13(26,27)14(28,29)15(30,31)16(32,33)17(34,35)18(36,37)19(38,39)20(40,41)21(42,43)22(44,45)23(46,47)48/h10,49,51H,3-9H2,1-2H3. The second kappa shape index (κ2) is 14.6. The zero-order valence-corrected chi connectivity index (χ0v) is 25.7. The molecule has 0 aliphatic heterocycles. The average molecular weight is 850 g/mol. The van der Waals surface area contributed by atoms with Crippen LogP contribution < -0.4 is 10.4 Å². The van der Waals surface area contributed by atoms with E-state index in [1.54, 1.807) is 0 Å². The fraction of sp³-hybridized carbons (Fsp3) is 0.957. The van der Waals surface area contributed by atoms with Crippen molar-refractivity contribution in [2.75, 3.05) is 40.3 Å². The molecule has 1 atom stereocenters. The number of hydrogen-bond acceptors (Lipinski definition) is 4. The molecule has 2 N–H and O–H groups in total. The van der Waals surface area contributed by atoms with Crippen LogP contribution in [0.15, 0.2) is 0 Å². The van der Waals surface area contributed by atoms with Gasteiger partial charge in [-0.2, -0.15) is 110 Å². The van der Waals surface area contributed by atoms with Crippen LogP contribution in [0.3, 0.4) is 0 Å². The summed E-state index contributed by atoms with van der Waals surface area (Å²) in [7, 11) is 2.88. The number of carbonyl (C=O) groups is 1. The van der Waals surface area contributed by atoms with Gasteiger partial charge in [-0.3, -0.25) is 0 Å². The van der Waals surface area contributed by atoms with Gasteiger partial charge in [0, 0.05) is 38.3 Å². The quantitative estimate of drug-likeness (QED) is 0.0789. The third kappa shape index (κ3) is 8.27. The van der Waals surface area contributed by atoms with Crippen LogP contribution in [-0.4, -0.2) is 133 Å². The summed E-state index contributed by atoms with van der Waals surface area (Å²) in [6.45, 7) is -1.84. The zero-order chi connectivity index (χ0) is 43.3. The van der Waals surface area contributed by atoms with Crippen molar-refractivity contribution in [2.24, 2.45) is 0 Å². The summed E-state index contributed by atoms with van der Waals surface area (Å²) in [5.74, 6) is -101. The molecule has 0 rings (SSSR count). The molecule has 1 unspecified atom stereocenters. The Kier molecular flexibility index (Phi) is 13.9. The Balaban J connectivity index is 6.53. The Morgan fingerprint density at radius 3 is 1.15 bits per heavy atom. The lowest BCUT2D eigenvalue weighted by Gasteiger charge is -2.45. The van der Waals surface area contributed by atoms with E-state index in [4.69, 9.17) is 0 Å². The number of carboxylic acids is 1. The van der Waals surface area contributed by atoms with E-state index in [2.05, 4.69) is 0 Å². The monoisotopic (exact) mass is 850 g/mol. The van der Waals surface area contributed by atoms with Gasteiger partial charge >= 0.3 is 71.3 Å². The van der Waals surface area contributed by atoms with Crippen molar-refractivity contribution in [2.45, 2.75) is 96.7 Å². The molecule has 0 aliphatic rings. The van der Waals surface area contributed by atoms with Gasteiger partial charge in [0.25, 0.3) is 0 Å². The molecule has 0 amide bonds. The summed E-state index contributed by atoms with van der Waals surface area (Å²) in [5, 5.41) is 21.9. The largest absolute Gasteiger partial charge is 0.550 e. The molecule has 0 aliphatic carbocycles. The van der Waals surface area contributed by atoms with Crippen LogP contribution in [0.1, 0.15) is 19.3 Å². The number of nitrogens with zero attached hydrogens (tertiary/aromatic N) is 1. The number of halogens is 25. The first-order chi connectivity index (χ1) is 22.8. The van der Waals surface area contributed by atoms with Crippen LogP contribution in [0.2, 0.25) is 0 Å².